The van der Waals surface area contributed by atoms with E-state index in [-0.39, 0.29) is 11.3 Å². The summed E-state index contributed by atoms with van der Waals surface area (Å²) in [6.07, 6.45) is 3.78. The van der Waals surface area contributed by atoms with Crippen LogP contribution in [0.5, 0.6) is 0 Å². The molecule has 29 heavy (non-hydrogen) atoms. The summed E-state index contributed by atoms with van der Waals surface area (Å²) < 4.78 is 1.75. The van der Waals surface area contributed by atoms with Gasteiger partial charge in [0.25, 0.3) is 0 Å². The summed E-state index contributed by atoms with van der Waals surface area (Å²) >= 11 is 0. The van der Waals surface area contributed by atoms with Gasteiger partial charge in [-0.2, -0.15) is 4.98 Å². The van der Waals surface area contributed by atoms with Gasteiger partial charge in [0.2, 0.25) is 11.9 Å². The van der Waals surface area contributed by atoms with Crippen molar-refractivity contribution in [1.82, 2.24) is 20.1 Å². The van der Waals surface area contributed by atoms with Crippen molar-refractivity contribution in [2.24, 2.45) is 0 Å². The monoisotopic (exact) mass is 388 g/mol. The number of aromatic nitrogens is 3. The zero-order valence-electron chi connectivity index (χ0n) is 16.4. The minimum Gasteiger partial charge on any atom is -0.323 e. The molecule has 3 heterocycles. The van der Waals surface area contributed by atoms with E-state index < -0.39 is 0 Å². The van der Waals surface area contributed by atoms with Gasteiger partial charge in [-0.15, -0.1) is 5.10 Å². The number of anilines is 3. The number of carbonyl (C=O) groups excluding carboxylic acids is 1. The van der Waals surface area contributed by atoms with Gasteiger partial charge in [-0.25, -0.2) is 4.68 Å². The van der Waals surface area contributed by atoms with Gasteiger partial charge in [0.1, 0.15) is 6.33 Å². The maximum Gasteiger partial charge on any atom is 0.246 e. The van der Waals surface area contributed by atoms with E-state index in [1.54, 1.807) is 17.9 Å². The second kappa shape index (κ2) is 7.00. The number of nitrogens with one attached hydrogen (secondary N) is 2. The molecule has 1 aromatic heterocycles. The van der Waals surface area contributed by atoms with Crippen molar-refractivity contribution in [3.8, 4) is 5.69 Å². The molecule has 0 atom stereocenters. The lowest BCUT2D eigenvalue weighted by molar-refractivity contribution is -0.116. The number of nitrogens with zero attached hydrogens (tertiary/aromatic N) is 4. The molecule has 7 nitrogen and oxygen atoms in total. The van der Waals surface area contributed by atoms with Crippen LogP contribution in [0, 0.1) is 0 Å². The highest BCUT2D eigenvalue weighted by Gasteiger charge is 2.44. The van der Waals surface area contributed by atoms with E-state index in [0.717, 1.165) is 49.5 Å². The molecule has 148 valence electrons. The lowest BCUT2D eigenvalue weighted by Crippen LogP contribution is -2.43. The summed E-state index contributed by atoms with van der Waals surface area (Å²) in [6.45, 7) is 4.37. The molecule has 5 rings (SSSR count). The lowest BCUT2D eigenvalue weighted by Gasteiger charge is -2.34. The molecule has 2 N–H and O–H groups in total. The SMILES string of the molecule is CC(=O)N1CC2(CCNCC2)c2cc(Nc3ncn(-c4ccccc4)n3)ccc21. The van der Waals surface area contributed by atoms with Crippen LogP contribution in [-0.2, 0) is 10.2 Å². The van der Waals surface area contributed by atoms with Gasteiger partial charge in [0.15, 0.2) is 0 Å². The van der Waals surface area contributed by atoms with Crippen LogP contribution in [-0.4, -0.2) is 40.3 Å². The molecule has 0 unspecified atom stereocenters. The number of rotatable bonds is 3. The first-order valence-corrected chi connectivity index (χ1v) is 10.0. The van der Waals surface area contributed by atoms with Crippen LogP contribution in [0.25, 0.3) is 5.69 Å². The molecule has 0 radical (unpaired) electrons. The number of piperidine rings is 1. The fraction of sp³-hybridized carbons (Fsp3) is 0.318. The van der Waals surface area contributed by atoms with E-state index in [1.807, 2.05) is 47.4 Å². The fourth-order valence-corrected chi connectivity index (χ4v) is 4.52. The number of benzene rings is 2. The molecule has 2 aromatic carbocycles. The minimum absolute atomic E-state index is 0.0285. The Kier molecular flexibility index (Phi) is 4.32. The smallest absolute Gasteiger partial charge is 0.246 e. The quantitative estimate of drug-likeness (QED) is 0.721. The number of para-hydroxylation sites is 1. The Morgan fingerprint density at radius 3 is 2.69 bits per heavy atom. The van der Waals surface area contributed by atoms with E-state index >= 15 is 0 Å². The molecule has 2 aliphatic rings. The van der Waals surface area contributed by atoms with Crippen LogP contribution in [0.1, 0.15) is 25.3 Å². The molecule has 1 saturated heterocycles. The molecule has 1 fully saturated rings. The zero-order valence-corrected chi connectivity index (χ0v) is 16.4. The van der Waals surface area contributed by atoms with E-state index in [9.17, 15) is 4.79 Å². The fourth-order valence-electron chi connectivity index (χ4n) is 4.52. The molecule has 0 saturated carbocycles. The molecular weight excluding hydrogens is 364 g/mol. The molecule has 0 aliphatic carbocycles. The third-order valence-corrected chi connectivity index (χ3v) is 6.03. The summed E-state index contributed by atoms with van der Waals surface area (Å²) in [6, 6.07) is 16.1. The van der Waals surface area contributed by atoms with Gasteiger partial charge in [0, 0.05) is 30.3 Å². The predicted octanol–water partition coefficient (Wildman–Crippen LogP) is 3.00. The molecule has 3 aromatic rings. The van der Waals surface area contributed by atoms with Crippen LogP contribution in [0.2, 0.25) is 0 Å². The minimum atomic E-state index is 0.0285. The Balaban J connectivity index is 1.45. The summed E-state index contributed by atoms with van der Waals surface area (Å²) in [5.74, 6) is 0.653. The highest BCUT2D eigenvalue weighted by molar-refractivity contribution is 5.95. The predicted molar refractivity (Wildman–Crippen MR) is 113 cm³/mol. The summed E-state index contributed by atoms with van der Waals surface area (Å²) in [5, 5.41) is 11.3. The van der Waals surface area contributed by atoms with Crippen LogP contribution < -0.4 is 15.5 Å². The van der Waals surface area contributed by atoms with Crippen LogP contribution >= 0.6 is 0 Å². The molecule has 1 spiro atoms. The van der Waals surface area contributed by atoms with Gasteiger partial charge >= 0.3 is 0 Å². The number of fused-ring (bicyclic) bond motifs is 2. The van der Waals surface area contributed by atoms with E-state index in [2.05, 4.69) is 26.8 Å². The van der Waals surface area contributed by atoms with Crippen molar-refractivity contribution in [2.45, 2.75) is 25.2 Å². The van der Waals surface area contributed by atoms with E-state index in [4.69, 9.17) is 0 Å². The Morgan fingerprint density at radius 1 is 1.14 bits per heavy atom. The summed E-state index contributed by atoms with van der Waals surface area (Å²) in [4.78, 5) is 18.5. The topological polar surface area (TPSA) is 75.1 Å². The van der Waals surface area contributed by atoms with Crippen LogP contribution in [0.4, 0.5) is 17.3 Å². The van der Waals surface area contributed by atoms with Crippen molar-refractivity contribution in [2.75, 3.05) is 29.9 Å². The van der Waals surface area contributed by atoms with Crippen molar-refractivity contribution < 1.29 is 4.79 Å². The van der Waals surface area contributed by atoms with Crippen LogP contribution in [0.3, 0.4) is 0 Å². The highest BCUT2D eigenvalue weighted by Crippen LogP contribution is 2.47. The van der Waals surface area contributed by atoms with Gasteiger partial charge in [-0.3, -0.25) is 4.79 Å². The molecule has 7 heteroatoms. The lowest BCUT2D eigenvalue weighted by atomic mass is 9.74. The third kappa shape index (κ3) is 3.17. The Bertz CT molecular complexity index is 1040. The Hall–Kier alpha value is -3.19. The second-order valence-corrected chi connectivity index (χ2v) is 7.84. The first-order chi connectivity index (χ1) is 14.1. The second-order valence-electron chi connectivity index (χ2n) is 7.84. The van der Waals surface area contributed by atoms with E-state index in [1.165, 1.54) is 5.56 Å². The van der Waals surface area contributed by atoms with Crippen LogP contribution in [0.15, 0.2) is 54.9 Å². The van der Waals surface area contributed by atoms with Gasteiger partial charge < -0.3 is 15.5 Å². The average Bonchev–Trinajstić information content (AvgIpc) is 3.33. The number of hydrogen-bond acceptors (Lipinski definition) is 5. The number of carbonyl (C=O) groups is 1. The van der Waals surface area contributed by atoms with Crippen molar-refractivity contribution in [3.05, 3.63) is 60.4 Å². The van der Waals surface area contributed by atoms with Crippen molar-refractivity contribution in [1.29, 1.82) is 0 Å². The van der Waals surface area contributed by atoms with Gasteiger partial charge in [-0.1, -0.05) is 18.2 Å². The first-order valence-electron chi connectivity index (χ1n) is 10.0. The molecule has 1 amide bonds. The normalized spacial score (nSPS) is 17.3. The Morgan fingerprint density at radius 2 is 1.93 bits per heavy atom. The Labute approximate surface area is 169 Å². The average molecular weight is 388 g/mol. The first kappa shape index (κ1) is 17.9. The highest BCUT2D eigenvalue weighted by atomic mass is 16.2. The number of hydrogen-bond donors (Lipinski definition) is 2. The summed E-state index contributed by atoms with van der Waals surface area (Å²) in [5.41, 5.74) is 4.22. The summed E-state index contributed by atoms with van der Waals surface area (Å²) in [7, 11) is 0. The van der Waals surface area contributed by atoms with E-state index in [0.29, 0.717) is 5.95 Å². The number of amides is 1. The molecule has 2 aliphatic heterocycles. The van der Waals surface area contributed by atoms with Gasteiger partial charge in [0.05, 0.1) is 5.69 Å². The van der Waals surface area contributed by atoms with Gasteiger partial charge in [-0.05, 0) is 61.8 Å². The standard InChI is InChI=1S/C22H24N6O/c1-16(29)27-14-22(9-11-23-12-10-22)19-13-17(7-8-20(19)27)25-21-24-15-28(26-21)18-5-3-2-4-6-18/h2-8,13,15,23H,9-12,14H2,1H3,(H,25,26). The third-order valence-electron chi connectivity index (χ3n) is 6.03. The maximum absolute atomic E-state index is 12.2. The zero-order chi connectivity index (χ0) is 19.8. The molecule has 0 bridgehead atoms. The van der Waals surface area contributed by atoms with Crippen molar-refractivity contribution in [3.63, 3.8) is 0 Å². The van der Waals surface area contributed by atoms with Crippen molar-refractivity contribution >= 4 is 23.2 Å². The molecular formula is C22H24N6O. The maximum atomic E-state index is 12.2. The largest absolute Gasteiger partial charge is 0.323 e.